The first-order valence-corrected chi connectivity index (χ1v) is 12.2. The van der Waals surface area contributed by atoms with E-state index in [2.05, 4.69) is 30.9 Å². The second kappa shape index (κ2) is 9.62. The number of pyridine rings is 1. The van der Waals surface area contributed by atoms with E-state index < -0.39 is 35.4 Å². The predicted octanol–water partition coefficient (Wildman–Crippen LogP) is 4.77. The first-order chi connectivity index (χ1) is 18.0. The smallest absolute Gasteiger partial charge is 0.322 e. The molecule has 0 saturated carbocycles. The molecule has 9 nitrogen and oxygen atoms in total. The van der Waals surface area contributed by atoms with Crippen LogP contribution < -0.4 is 16.0 Å². The Morgan fingerprint density at radius 3 is 2.45 bits per heavy atom. The molecule has 194 valence electrons. The predicted molar refractivity (Wildman–Crippen MR) is 141 cm³/mol. The van der Waals surface area contributed by atoms with Crippen LogP contribution in [0.25, 0.3) is 22.0 Å². The van der Waals surface area contributed by atoms with Crippen LogP contribution in [-0.4, -0.2) is 32.0 Å². The van der Waals surface area contributed by atoms with E-state index in [-0.39, 0.29) is 0 Å². The van der Waals surface area contributed by atoms with Crippen molar-refractivity contribution in [3.05, 3.63) is 82.8 Å². The topological polar surface area (TPSA) is 129 Å². The fourth-order valence-electron chi connectivity index (χ4n) is 4.31. The van der Waals surface area contributed by atoms with Crippen molar-refractivity contribution < 1.29 is 19.1 Å². The summed E-state index contributed by atoms with van der Waals surface area (Å²) in [7, 11) is 0. The average molecular weight is 535 g/mol. The number of anilines is 1. The molecule has 5 rings (SSSR count). The second-order valence-corrected chi connectivity index (χ2v) is 10.0. The number of aromatic nitrogens is 3. The molecule has 3 amide bonds. The zero-order chi connectivity index (χ0) is 27.2. The summed E-state index contributed by atoms with van der Waals surface area (Å²) in [6, 6.07) is 7.83. The molecule has 4 N–H and O–H groups in total. The van der Waals surface area contributed by atoms with E-state index in [1.165, 1.54) is 18.3 Å². The maximum atomic E-state index is 14.9. The van der Waals surface area contributed by atoms with Crippen molar-refractivity contribution >= 4 is 40.1 Å². The maximum absolute atomic E-state index is 14.9. The molecule has 1 saturated heterocycles. The summed E-state index contributed by atoms with van der Waals surface area (Å²) in [5.41, 5.74) is 2.35. The van der Waals surface area contributed by atoms with Crippen LogP contribution in [0.15, 0.2) is 55.0 Å². The van der Waals surface area contributed by atoms with Gasteiger partial charge >= 0.3 is 6.03 Å². The van der Waals surface area contributed by atoms with Crippen molar-refractivity contribution in [2.45, 2.75) is 38.5 Å². The number of benzene rings is 2. The van der Waals surface area contributed by atoms with Gasteiger partial charge in [0, 0.05) is 35.1 Å². The Labute approximate surface area is 222 Å². The highest BCUT2D eigenvalue weighted by atomic mass is 35.5. The molecule has 0 spiro atoms. The van der Waals surface area contributed by atoms with Gasteiger partial charge in [0.05, 0.1) is 22.3 Å². The van der Waals surface area contributed by atoms with Crippen LogP contribution in [0.2, 0.25) is 5.02 Å². The lowest BCUT2D eigenvalue weighted by molar-refractivity contribution is -0.120. The third kappa shape index (κ3) is 4.88. The molecular weight excluding hydrogens is 511 g/mol. The Morgan fingerprint density at radius 2 is 1.79 bits per heavy atom. The van der Waals surface area contributed by atoms with Crippen LogP contribution in [0.4, 0.5) is 14.9 Å². The normalized spacial score (nSPS) is 16.3. The molecule has 1 aliphatic rings. The van der Waals surface area contributed by atoms with Crippen molar-refractivity contribution in [2.24, 2.45) is 0 Å². The number of rotatable bonds is 6. The monoisotopic (exact) mass is 534 g/mol. The number of nitrogens with zero attached hydrogens (tertiary/aromatic N) is 3. The summed E-state index contributed by atoms with van der Waals surface area (Å²) in [6.07, 6.45) is 4.78. The molecule has 38 heavy (non-hydrogen) atoms. The fourth-order valence-corrected chi connectivity index (χ4v) is 4.51. The zero-order valence-electron chi connectivity index (χ0n) is 20.7. The summed E-state index contributed by atoms with van der Waals surface area (Å²) in [5.74, 6) is -0.664. The van der Waals surface area contributed by atoms with Gasteiger partial charge in [0.1, 0.15) is 17.5 Å². The van der Waals surface area contributed by atoms with Crippen LogP contribution in [0.3, 0.4) is 0 Å². The molecule has 4 aromatic rings. The highest BCUT2D eigenvalue weighted by Crippen LogP contribution is 2.36. The van der Waals surface area contributed by atoms with E-state index in [1.54, 1.807) is 39.2 Å². The summed E-state index contributed by atoms with van der Waals surface area (Å²) >= 11 is 6.54. The number of halogens is 2. The first kappa shape index (κ1) is 25.5. The molecule has 2 aromatic carbocycles. The standard InChI is InChI=1S/C27H24ClFN6O3/c1-13(17-9-15(4-6-20(17)29)22-24(36)35-26(37)34-22)33-23-18-8-14(5-7-21(18)30-12-19(23)28)16-10-31-25(32-11-16)27(2,3)38/h4-13,22,38H,1-3H3,(H,30,33)(H2,34,35,36,37). The number of imide groups is 1. The van der Waals surface area contributed by atoms with Gasteiger partial charge in [-0.15, -0.1) is 0 Å². The van der Waals surface area contributed by atoms with Crippen LogP contribution in [0, 0.1) is 5.82 Å². The van der Waals surface area contributed by atoms with Crippen molar-refractivity contribution in [3.8, 4) is 11.1 Å². The molecule has 0 radical (unpaired) electrons. The minimum atomic E-state index is -1.16. The van der Waals surface area contributed by atoms with Crippen LogP contribution in [-0.2, 0) is 10.4 Å². The highest BCUT2D eigenvalue weighted by Gasteiger charge is 2.31. The van der Waals surface area contributed by atoms with Gasteiger partial charge in [0.15, 0.2) is 5.82 Å². The SMILES string of the molecule is CC(Nc1c(Cl)cnc2ccc(-c3cnc(C(C)(C)O)nc3)cc12)c1cc(C2NC(=O)NC2=O)ccc1F. The number of hydrogen-bond acceptors (Lipinski definition) is 7. The lowest BCUT2D eigenvalue weighted by atomic mass is 9.99. The lowest BCUT2D eigenvalue weighted by Gasteiger charge is -2.20. The molecule has 1 fully saturated rings. The van der Waals surface area contributed by atoms with E-state index in [0.29, 0.717) is 38.6 Å². The van der Waals surface area contributed by atoms with Gasteiger partial charge in [-0.05, 0) is 56.2 Å². The number of fused-ring (bicyclic) bond motifs is 1. The van der Waals surface area contributed by atoms with Crippen LogP contribution in [0.5, 0.6) is 0 Å². The number of aliphatic hydroxyl groups is 1. The Morgan fingerprint density at radius 1 is 1.05 bits per heavy atom. The Kier molecular flexibility index (Phi) is 6.46. The van der Waals surface area contributed by atoms with E-state index in [1.807, 2.05) is 18.2 Å². The van der Waals surface area contributed by atoms with Gasteiger partial charge < -0.3 is 15.7 Å². The number of carbonyl (C=O) groups excluding carboxylic acids is 2. The zero-order valence-corrected chi connectivity index (χ0v) is 21.5. The molecule has 2 aromatic heterocycles. The Hall–Kier alpha value is -4.15. The molecule has 0 bridgehead atoms. The molecular formula is C27H24ClFN6O3. The molecule has 0 aliphatic carbocycles. The molecule has 2 atom stereocenters. The summed E-state index contributed by atoms with van der Waals surface area (Å²) in [6.45, 7) is 4.99. The van der Waals surface area contributed by atoms with Gasteiger partial charge in [-0.25, -0.2) is 19.2 Å². The van der Waals surface area contributed by atoms with E-state index in [4.69, 9.17) is 11.6 Å². The van der Waals surface area contributed by atoms with Gasteiger partial charge in [0.2, 0.25) is 0 Å². The quantitative estimate of drug-likeness (QED) is 0.262. The van der Waals surface area contributed by atoms with Gasteiger partial charge in [-0.2, -0.15) is 0 Å². The van der Waals surface area contributed by atoms with Crippen molar-refractivity contribution in [1.82, 2.24) is 25.6 Å². The number of nitrogens with one attached hydrogen (secondary N) is 3. The molecule has 2 unspecified atom stereocenters. The lowest BCUT2D eigenvalue weighted by Crippen LogP contribution is -2.22. The maximum Gasteiger partial charge on any atom is 0.322 e. The minimum absolute atomic E-state index is 0.296. The van der Waals surface area contributed by atoms with Crippen molar-refractivity contribution in [2.75, 3.05) is 5.32 Å². The third-order valence-corrected chi connectivity index (χ3v) is 6.60. The van der Waals surface area contributed by atoms with Gasteiger partial charge in [0.25, 0.3) is 5.91 Å². The van der Waals surface area contributed by atoms with E-state index >= 15 is 0 Å². The summed E-state index contributed by atoms with van der Waals surface area (Å²) < 4.78 is 14.9. The van der Waals surface area contributed by atoms with Crippen molar-refractivity contribution in [1.29, 1.82) is 0 Å². The second-order valence-electron chi connectivity index (χ2n) is 9.61. The van der Waals surface area contributed by atoms with Crippen molar-refractivity contribution in [3.63, 3.8) is 0 Å². The largest absolute Gasteiger partial charge is 0.382 e. The number of urea groups is 1. The van der Waals surface area contributed by atoms with E-state index in [0.717, 1.165) is 11.1 Å². The molecule has 1 aliphatic heterocycles. The van der Waals surface area contributed by atoms with E-state index in [9.17, 15) is 19.1 Å². The van der Waals surface area contributed by atoms with Gasteiger partial charge in [-0.3, -0.25) is 15.1 Å². The Balaban J connectivity index is 1.49. The molecule has 11 heteroatoms. The third-order valence-electron chi connectivity index (χ3n) is 6.31. The number of carbonyl (C=O) groups is 2. The van der Waals surface area contributed by atoms with Gasteiger partial charge in [-0.1, -0.05) is 23.7 Å². The average Bonchev–Trinajstić information content (AvgIpc) is 3.22. The highest BCUT2D eigenvalue weighted by molar-refractivity contribution is 6.34. The summed E-state index contributed by atoms with van der Waals surface area (Å²) in [5, 5.41) is 19.2. The first-order valence-electron chi connectivity index (χ1n) is 11.8. The van der Waals surface area contributed by atoms with Crippen LogP contribution >= 0.6 is 11.6 Å². The number of amides is 3. The van der Waals surface area contributed by atoms with Crippen LogP contribution in [0.1, 0.15) is 49.8 Å². The fraction of sp³-hybridized carbons (Fsp3) is 0.222. The number of hydrogen-bond donors (Lipinski definition) is 4. The summed E-state index contributed by atoms with van der Waals surface area (Å²) in [4.78, 5) is 36.6. The minimum Gasteiger partial charge on any atom is -0.382 e. The molecule has 3 heterocycles. The Bertz CT molecular complexity index is 1570.